The van der Waals surface area contributed by atoms with Gasteiger partial charge in [-0.05, 0) is 0 Å². The Morgan fingerprint density at radius 2 is 2.29 bits per heavy atom. The quantitative estimate of drug-likeness (QED) is 0.404. The lowest BCUT2D eigenvalue weighted by atomic mass is 10.6. The highest BCUT2D eigenvalue weighted by Gasteiger charge is 2.06. The molecule has 0 aliphatic carbocycles. The molecule has 1 aromatic rings. The van der Waals surface area contributed by atoms with Gasteiger partial charge in [0.1, 0.15) is 6.33 Å². The van der Waals surface area contributed by atoms with Crippen LogP contribution in [0, 0.1) is 12.3 Å². The van der Waals surface area contributed by atoms with Crippen LogP contribution < -0.4 is 10.4 Å². The summed E-state index contributed by atoms with van der Waals surface area (Å²) in [6, 6.07) is 0. The first kappa shape index (κ1) is 13.2. The number of nitrogens with zero attached hydrogens (tertiary/aromatic N) is 4. The van der Waals surface area contributed by atoms with Crippen molar-refractivity contribution in [3.63, 3.8) is 0 Å². The first-order valence-electron chi connectivity index (χ1n) is 5.00. The summed E-state index contributed by atoms with van der Waals surface area (Å²) in [4.78, 5) is 17.3. The van der Waals surface area contributed by atoms with E-state index in [9.17, 15) is 0 Å². The van der Waals surface area contributed by atoms with E-state index in [4.69, 9.17) is 16.0 Å². The van der Waals surface area contributed by atoms with Crippen molar-refractivity contribution in [2.24, 2.45) is 0 Å². The molecule has 1 aromatic heterocycles. The number of ether oxygens (including phenoxy) is 1. The van der Waals surface area contributed by atoms with E-state index in [1.54, 1.807) is 14.2 Å². The Hall–Kier alpha value is -1.91. The number of nitrogens with one attached hydrogen (secondary N) is 1. The third kappa shape index (κ3) is 4.63. The molecule has 0 bridgehead atoms. The van der Waals surface area contributed by atoms with Crippen molar-refractivity contribution >= 4 is 11.9 Å². The molecule has 92 valence electrons. The molecule has 0 spiro atoms. The molecule has 0 amide bonds. The van der Waals surface area contributed by atoms with Crippen molar-refractivity contribution in [1.29, 1.82) is 0 Å². The molecule has 0 atom stereocenters. The number of rotatable bonds is 7. The van der Waals surface area contributed by atoms with Gasteiger partial charge in [-0.15, -0.1) is 6.42 Å². The molecule has 0 radical (unpaired) electrons. The lowest BCUT2D eigenvalue weighted by Gasteiger charge is -2.16. The van der Waals surface area contributed by atoms with Gasteiger partial charge >= 0.3 is 0 Å². The summed E-state index contributed by atoms with van der Waals surface area (Å²) in [7, 11) is 3.31. The molecule has 1 N–H and O–H groups in total. The molecule has 1 rings (SSSR count). The van der Waals surface area contributed by atoms with E-state index in [0.29, 0.717) is 31.7 Å². The smallest absolute Gasteiger partial charge is 0.254 e. The number of hydrogen-bond acceptors (Lipinski definition) is 7. The van der Waals surface area contributed by atoms with E-state index < -0.39 is 0 Å². The van der Waals surface area contributed by atoms with Gasteiger partial charge in [-0.3, -0.25) is 4.84 Å². The highest BCUT2D eigenvalue weighted by Crippen LogP contribution is 2.06. The lowest BCUT2D eigenvalue weighted by molar-refractivity contribution is 0.0607. The largest absolute Gasteiger partial charge is 0.382 e. The molecule has 0 saturated heterocycles. The van der Waals surface area contributed by atoms with Crippen molar-refractivity contribution in [1.82, 2.24) is 15.0 Å². The number of anilines is 2. The minimum atomic E-state index is 0.359. The Bertz CT molecular complexity index is 379. The molecule has 0 aliphatic rings. The van der Waals surface area contributed by atoms with Crippen LogP contribution >= 0.6 is 0 Å². The SMILES string of the molecule is C#CCNc1ncnc(N(C)OCCOC)n1. The second-order valence-corrected chi connectivity index (χ2v) is 2.99. The molecule has 7 nitrogen and oxygen atoms in total. The second kappa shape index (κ2) is 7.38. The normalized spacial score (nSPS) is 9.71. The lowest BCUT2D eigenvalue weighted by Crippen LogP contribution is -2.23. The summed E-state index contributed by atoms with van der Waals surface area (Å²) in [5, 5.41) is 4.30. The highest BCUT2D eigenvalue weighted by molar-refractivity contribution is 5.33. The third-order valence-electron chi connectivity index (χ3n) is 1.76. The van der Waals surface area contributed by atoms with Crippen LogP contribution in [0.3, 0.4) is 0 Å². The highest BCUT2D eigenvalue weighted by atomic mass is 16.7. The van der Waals surface area contributed by atoms with Crippen molar-refractivity contribution in [3.05, 3.63) is 6.33 Å². The maximum Gasteiger partial charge on any atom is 0.254 e. The monoisotopic (exact) mass is 237 g/mol. The van der Waals surface area contributed by atoms with E-state index in [1.165, 1.54) is 11.4 Å². The molecule has 0 fully saturated rings. The molecular weight excluding hydrogens is 222 g/mol. The Labute approximate surface area is 100 Å². The maximum absolute atomic E-state index is 5.32. The van der Waals surface area contributed by atoms with Crippen molar-refractivity contribution < 1.29 is 9.57 Å². The molecule has 0 unspecified atom stereocenters. The fraction of sp³-hybridized carbons (Fsp3) is 0.500. The molecule has 17 heavy (non-hydrogen) atoms. The third-order valence-corrected chi connectivity index (χ3v) is 1.76. The maximum atomic E-state index is 5.32. The van der Waals surface area contributed by atoms with Crippen LogP contribution in [0.4, 0.5) is 11.9 Å². The van der Waals surface area contributed by atoms with Gasteiger partial charge in [0, 0.05) is 14.2 Å². The van der Waals surface area contributed by atoms with Gasteiger partial charge in [0.15, 0.2) is 0 Å². The van der Waals surface area contributed by atoms with Crippen LogP contribution in [0.2, 0.25) is 0 Å². The first-order valence-corrected chi connectivity index (χ1v) is 5.00. The Morgan fingerprint density at radius 1 is 1.47 bits per heavy atom. The van der Waals surface area contributed by atoms with Crippen LogP contribution in [0.5, 0.6) is 0 Å². The zero-order valence-electron chi connectivity index (χ0n) is 9.88. The fourth-order valence-corrected chi connectivity index (χ4v) is 0.970. The van der Waals surface area contributed by atoms with Crippen molar-refractivity contribution in [3.8, 4) is 12.3 Å². The van der Waals surface area contributed by atoms with Crippen molar-refractivity contribution in [2.45, 2.75) is 0 Å². The topological polar surface area (TPSA) is 72.4 Å². The number of hydrogen-bond donors (Lipinski definition) is 1. The summed E-state index contributed by atoms with van der Waals surface area (Å²) in [6.07, 6.45) is 6.51. The molecule has 7 heteroatoms. The van der Waals surface area contributed by atoms with E-state index in [1.807, 2.05) is 0 Å². The Balaban J connectivity index is 2.54. The van der Waals surface area contributed by atoms with E-state index in [2.05, 4.69) is 26.2 Å². The standard InChI is InChI=1S/C10H15N5O2/c1-4-5-11-9-12-8-13-10(14-9)15(2)17-7-6-16-3/h1,8H,5-7H2,2-3H3,(H,11,12,13,14). The van der Waals surface area contributed by atoms with E-state index >= 15 is 0 Å². The fourth-order valence-electron chi connectivity index (χ4n) is 0.970. The zero-order valence-corrected chi connectivity index (χ0v) is 9.88. The summed E-state index contributed by atoms with van der Waals surface area (Å²) < 4.78 is 4.87. The number of terminal acetylenes is 1. The Kier molecular flexibility index (Phi) is 5.71. The molecular formula is C10H15N5O2. The number of methoxy groups -OCH3 is 1. The van der Waals surface area contributed by atoms with Gasteiger partial charge in [0.2, 0.25) is 5.95 Å². The van der Waals surface area contributed by atoms with Gasteiger partial charge < -0.3 is 10.1 Å². The zero-order chi connectivity index (χ0) is 12.5. The predicted octanol–water partition coefficient (Wildman–Crippen LogP) is -0.0691. The molecule has 1 heterocycles. The van der Waals surface area contributed by atoms with E-state index in [0.717, 1.165) is 0 Å². The number of aromatic nitrogens is 3. The first-order chi connectivity index (χ1) is 8.27. The average molecular weight is 237 g/mol. The van der Waals surface area contributed by atoms with Gasteiger partial charge in [0.25, 0.3) is 5.95 Å². The summed E-state index contributed by atoms with van der Waals surface area (Å²) >= 11 is 0. The van der Waals surface area contributed by atoms with Crippen LogP contribution in [0.15, 0.2) is 6.33 Å². The van der Waals surface area contributed by atoms with Crippen LogP contribution in [-0.2, 0) is 9.57 Å². The van der Waals surface area contributed by atoms with Gasteiger partial charge in [0.05, 0.1) is 19.8 Å². The molecule has 0 saturated carbocycles. The minimum Gasteiger partial charge on any atom is -0.382 e. The van der Waals surface area contributed by atoms with Crippen LogP contribution in [0.1, 0.15) is 0 Å². The van der Waals surface area contributed by atoms with Gasteiger partial charge in [-0.2, -0.15) is 9.97 Å². The molecule has 0 aromatic carbocycles. The van der Waals surface area contributed by atoms with Gasteiger partial charge in [-0.25, -0.2) is 10.0 Å². The summed E-state index contributed by atoms with van der Waals surface area (Å²) in [5.41, 5.74) is 0. The average Bonchev–Trinajstić information content (AvgIpc) is 2.37. The van der Waals surface area contributed by atoms with E-state index in [-0.39, 0.29) is 0 Å². The Morgan fingerprint density at radius 3 is 3.00 bits per heavy atom. The molecule has 0 aliphatic heterocycles. The second-order valence-electron chi connectivity index (χ2n) is 2.99. The number of hydroxylamine groups is 1. The predicted molar refractivity (Wildman–Crippen MR) is 63.4 cm³/mol. The van der Waals surface area contributed by atoms with Gasteiger partial charge in [-0.1, -0.05) is 5.92 Å². The summed E-state index contributed by atoms with van der Waals surface area (Å²) in [6.45, 7) is 1.28. The van der Waals surface area contributed by atoms with Crippen LogP contribution in [0.25, 0.3) is 0 Å². The van der Waals surface area contributed by atoms with Crippen molar-refractivity contribution in [2.75, 3.05) is 44.3 Å². The summed E-state index contributed by atoms with van der Waals surface area (Å²) in [5.74, 6) is 3.24. The minimum absolute atomic E-state index is 0.359. The van der Waals surface area contributed by atoms with Crippen LogP contribution in [-0.4, -0.2) is 48.9 Å².